The number of rotatable bonds is 4. The molecule has 0 fully saturated rings. The molecule has 1 N–H and O–H groups in total. The maximum Gasteiger partial charge on any atom is 0.326 e. The van der Waals surface area contributed by atoms with E-state index in [1.54, 1.807) is 6.08 Å². The zero-order valence-electron chi connectivity index (χ0n) is 10.7. The van der Waals surface area contributed by atoms with Gasteiger partial charge in [-0.3, -0.25) is 4.79 Å². The summed E-state index contributed by atoms with van der Waals surface area (Å²) < 4.78 is 0. The average Bonchev–Trinajstić information content (AvgIpc) is 2.43. The lowest BCUT2D eigenvalue weighted by Crippen LogP contribution is -2.48. The first kappa shape index (κ1) is 13.3. The molecule has 0 saturated carbocycles. The molecule has 0 aliphatic carbocycles. The van der Waals surface area contributed by atoms with Gasteiger partial charge in [-0.2, -0.15) is 0 Å². The molecule has 1 aliphatic rings. The standard InChI is InChI=1S/C15H17NO3/c1-2-3-8-14(17)16-10-12-7-5-4-6-11(12)9-13(16)15(18)19/h2,4-7,13H,1,3,8-10H2,(H,18,19). The molecule has 1 aromatic carbocycles. The second-order valence-electron chi connectivity index (χ2n) is 4.68. The minimum absolute atomic E-state index is 0.123. The van der Waals surface area contributed by atoms with Crippen LogP contribution in [0.3, 0.4) is 0 Å². The number of carboxylic acid groups (broad SMARTS) is 1. The molecule has 0 bridgehead atoms. The van der Waals surface area contributed by atoms with Crippen LogP contribution in [0.25, 0.3) is 0 Å². The Hall–Kier alpha value is -2.10. The Morgan fingerprint density at radius 1 is 1.37 bits per heavy atom. The molecule has 0 spiro atoms. The van der Waals surface area contributed by atoms with Gasteiger partial charge in [0.15, 0.2) is 0 Å². The number of amides is 1. The van der Waals surface area contributed by atoms with Gasteiger partial charge in [-0.15, -0.1) is 6.58 Å². The quantitative estimate of drug-likeness (QED) is 0.841. The summed E-state index contributed by atoms with van der Waals surface area (Å²) in [7, 11) is 0. The number of hydrogen-bond acceptors (Lipinski definition) is 2. The van der Waals surface area contributed by atoms with Crippen LogP contribution >= 0.6 is 0 Å². The number of carbonyl (C=O) groups excluding carboxylic acids is 1. The van der Waals surface area contributed by atoms with E-state index in [1.165, 1.54) is 4.90 Å². The molecule has 1 aromatic rings. The third-order valence-corrected chi connectivity index (χ3v) is 3.42. The van der Waals surface area contributed by atoms with E-state index in [2.05, 4.69) is 6.58 Å². The van der Waals surface area contributed by atoms with E-state index >= 15 is 0 Å². The molecule has 4 heteroatoms. The Kier molecular flexibility index (Phi) is 4.00. The maximum absolute atomic E-state index is 12.1. The lowest BCUT2D eigenvalue weighted by Gasteiger charge is -2.34. The molecule has 0 aromatic heterocycles. The maximum atomic E-state index is 12.1. The van der Waals surface area contributed by atoms with Crippen molar-refractivity contribution in [2.45, 2.75) is 31.8 Å². The number of hydrogen-bond donors (Lipinski definition) is 1. The highest BCUT2D eigenvalue weighted by molar-refractivity contribution is 5.84. The summed E-state index contributed by atoms with van der Waals surface area (Å²) in [6.07, 6.45) is 2.94. The van der Waals surface area contributed by atoms with Crippen LogP contribution in [0, 0.1) is 0 Å². The zero-order valence-corrected chi connectivity index (χ0v) is 10.7. The molecule has 0 saturated heterocycles. The van der Waals surface area contributed by atoms with E-state index < -0.39 is 12.0 Å². The van der Waals surface area contributed by atoms with Gasteiger partial charge in [-0.1, -0.05) is 30.3 Å². The normalized spacial score (nSPS) is 17.7. The Morgan fingerprint density at radius 3 is 2.68 bits per heavy atom. The lowest BCUT2D eigenvalue weighted by molar-refractivity contribution is -0.151. The van der Waals surface area contributed by atoms with Crippen molar-refractivity contribution in [3.63, 3.8) is 0 Å². The minimum atomic E-state index is -0.943. The van der Waals surface area contributed by atoms with Crippen molar-refractivity contribution in [1.29, 1.82) is 0 Å². The first-order chi connectivity index (χ1) is 9.13. The summed E-state index contributed by atoms with van der Waals surface area (Å²) in [5, 5.41) is 9.29. The summed E-state index contributed by atoms with van der Waals surface area (Å²) >= 11 is 0. The Labute approximate surface area is 112 Å². The van der Waals surface area contributed by atoms with E-state index in [0.29, 0.717) is 25.8 Å². The highest BCUT2D eigenvalue weighted by Gasteiger charge is 2.33. The van der Waals surface area contributed by atoms with Crippen LogP contribution in [-0.4, -0.2) is 27.9 Å². The molecule has 1 aliphatic heterocycles. The van der Waals surface area contributed by atoms with Crippen LogP contribution in [0.2, 0.25) is 0 Å². The second kappa shape index (κ2) is 5.69. The number of nitrogens with zero attached hydrogens (tertiary/aromatic N) is 1. The van der Waals surface area contributed by atoms with Gasteiger partial charge in [-0.05, 0) is 17.5 Å². The van der Waals surface area contributed by atoms with Gasteiger partial charge in [0, 0.05) is 19.4 Å². The molecule has 0 radical (unpaired) electrons. The van der Waals surface area contributed by atoms with Gasteiger partial charge in [0.1, 0.15) is 6.04 Å². The highest BCUT2D eigenvalue weighted by Crippen LogP contribution is 2.24. The molecule has 1 heterocycles. The summed E-state index contributed by atoms with van der Waals surface area (Å²) in [5.41, 5.74) is 2.05. The molecule has 2 rings (SSSR count). The SMILES string of the molecule is C=CCCC(=O)N1Cc2ccccc2CC1C(=O)O. The summed E-state index contributed by atoms with van der Waals surface area (Å²) in [6.45, 7) is 3.96. The lowest BCUT2D eigenvalue weighted by atomic mass is 9.93. The smallest absolute Gasteiger partial charge is 0.326 e. The fourth-order valence-electron chi connectivity index (χ4n) is 2.37. The molecule has 19 heavy (non-hydrogen) atoms. The van der Waals surface area contributed by atoms with Crippen molar-refractivity contribution in [1.82, 2.24) is 4.90 Å². The first-order valence-electron chi connectivity index (χ1n) is 6.33. The summed E-state index contributed by atoms with van der Waals surface area (Å²) in [6, 6.07) is 6.92. The molecular formula is C15H17NO3. The van der Waals surface area contributed by atoms with Crippen LogP contribution in [0.4, 0.5) is 0 Å². The fourth-order valence-corrected chi connectivity index (χ4v) is 2.37. The third-order valence-electron chi connectivity index (χ3n) is 3.42. The van der Waals surface area contributed by atoms with E-state index in [1.807, 2.05) is 24.3 Å². The van der Waals surface area contributed by atoms with E-state index in [0.717, 1.165) is 11.1 Å². The van der Waals surface area contributed by atoms with Gasteiger partial charge in [0.05, 0.1) is 0 Å². The van der Waals surface area contributed by atoms with Crippen LogP contribution in [0.15, 0.2) is 36.9 Å². The number of aliphatic carboxylic acids is 1. The molecule has 100 valence electrons. The minimum Gasteiger partial charge on any atom is -0.480 e. The van der Waals surface area contributed by atoms with Crippen molar-refractivity contribution in [3.8, 4) is 0 Å². The third kappa shape index (κ3) is 2.84. The van der Waals surface area contributed by atoms with Gasteiger partial charge in [0.2, 0.25) is 5.91 Å². The topological polar surface area (TPSA) is 57.6 Å². The van der Waals surface area contributed by atoms with Gasteiger partial charge < -0.3 is 10.0 Å². The zero-order chi connectivity index (χ0) is 13.8. The first-order valence-corrected chi connectivity index (χ1v) is 6.33. The van der Waals surface area contributed by atoms with Crippen molar-refractivity contribution in [2.24, 2.45) is 0 Å². The molecular weight excluding hydrogens is 242 g/mol. The Balaban J connectivity index is 2.23. The summed E-state index contributed by atoms with van der Waals surface area (Å²) in [4.78, 5) is 24.9. The van der Waals surface area contributed by atoms with Crippen LogP contribution in [0.5, 0.6) is 0 Å². The van der Waals surface area contributed by atoms with Crippen LogP contribution in [-0.2, 0) is 22.6 Å². The number of carbonyl (C=O) groups is 2. The number of benzene rings is 1. The second-order valence-corrected chi connectivity index (χ2v) is 4.68. The predicted molar refractivity (Wildman–Crippen MR) is 71.6 cm³/mol. The average molecular weight is 259 g/mol. The van der Waals surface area contributed by atoms with Crippen LogP contribution < -0.4 is 0 Å². The Morgan fingerprint density at radius 2 is 2.05 bits per heavy atom. The van der Waals surface area contributed by atoms with Gasteiger partial charge in [0.25, 0.3) is 0 Å². The van der Waals surface area contributed by atoms with Crippen molar-refractivity contribution < 1.29 is 14.7 Å². The fraction of sp³-hybridized carbons (Fsp3) is 0.333. The molecule has 4 nitrogen and oxygen atoms in total. The summed E-state index contributed by atoms with van der Waals surface area (Å²) in [5.74, 6) is -1.07. The Bertz CT molecular complexity index is 510. The number of allylic oxidation sites excluding steroid dienone is 1. The molecule has 1 unspecified atom stereocenters. The van der Waals surface area contributed by atoms with Gasteiger partial charge >= 0.3 is 5.97 Å². The predicted octanol–water partition coefficient (Wildman–Crippen LogP) is 1.99. The number of carboxylic acids is 1. The van der Waals surface area contributed by atoms with Crippen molar-refractivity contribution >= 4 is 11.9 Å². The van der Waals surface area contributed by atoms with Crippen molar-refractivity contribution in [3.05, 3.63) is 48.0 Å². The largest absolute Gasteiger partial charge is 0.480 e. The number of fused-ring (bicyclic) bond motifs is 1. The van der Waals surface area contributed by atoms with E-state index in [-0.39, 0.29) is 5.91 Å². The highest BCUT2D eigenvalue weighted by atomic mass is 16.4. The van der Waals surface area contributed by atoms with Crippen molar-refractivity contribution in [2.75, 3.05) is 0 Å². The molecule has 1 atom stereocenters. The monoisotopic (exact) mass is 259 g/mol. The van der Waals surface area contributed by atoms with Crippen LogP contribution in [0.1, 0.15) is 24.0 Å². The van der Waals surface area contributed by atoms with Gasteiger partial charge in [-0.25, -0.2) is 4.79 Å². The van der Waals surface area contributed by atoms with E-state index in [9.17, 15) is 14.7 Å². The molecule has 1 amide bonds. The van der Waals surface area contributed by atoms with E-state index in [4.69, 9.17) is 0 Å².